The third-order valence-electron chi connectivity index (χ3n) is 5.09. The van der Waals surface area contributed by atoms with Crippen molar-refractivity contribution in [2.45, 2.75) is 13.3 Å². The van der Waals surface area contributed by atoms with Gasteiger partial charge in [0.1, 0.15) is 11.5 Å². The van der Waals surface area contributed by atoms with E-state index in [2.05, 4.69) is 22.0 Å². The molecule has 0 saturated heterocycles. The van der Waals surface area contributed by atoms with Crippen molar-refractivity contribution in [3.05, 3.63) is 91.3 Å². The Bertz CT molecular complexity index is 1300. The number of halogens is 2. The van der Waals surface area contributed by atoms with Crippen molar-refractivity contribution in [3.8, 4) is 22.6 Å². The number of benzene rings is 3. The molecule has 4 nitrogen and oxygen atoms in total. The summed E-state index contributed by atoms with van der Waals surface area (Å²) >= 11 is 5.37. The quantitative estimate of drug-likeness (QED) is 0.114. The molecule has 0 unspecified atom stereocenters. The normalized spacial score (nSPS) is 10.7. The zero-order valence-electron chi connectivity index (χ0n) is 17.3. The summed E-state index contributed by atoms with van der Waals surface area (Å²) in [5.74, 6) is 0.892. The van der Waals surface area contributed by atoms with Gasteiger partial charge in [0.2, 0.25) is 0 Å². The molecule has 3 aromatic carbocycles. The zero-order chi connectivity index (χ0) is 22.0. The number of aromatic hydroxyl groups is 1. The minimum atomic E-state index is -0.419. The Morgan fingerprint density at radius 2 is 1.91 bits per heavy atom. The van der Waals surface area contributed by atoms with Gasteiger partial charge >= 0.3 is 5.63 Å². The molecule has 0 bridgehead atoms. The van der Waals surface area contributed by atoms with E-state index in [-0.39, 0.29) is 38.5 Å². The van der Waals surface area contributed by atoms with Crippen LogP contribution in [-0.4, -0.2) is 17.0 Å². The Kier molecular flexibility index (Phi) is 8.95. The number of aryl methyl sites for hydroxylation is 1. The molecule has 4 rings (SSSR count). The fourth-order valence-electron chi connectivity index (χ4n) is 3.60. The van der Waals surface area contributed by atoms with Gasteiger partial charge in [0.05, 0.1) is 10.2 Å². The van der Waals surface area contributed by atoms with Crippen LogP contribution in [-0.2, 0) is 39.1 Å². The van der Waals surface area contributed by atoms with E-state index < -0.39 is 5.63 Å². The average Bonchev–Trinajstić information content (AvgIpc) is 2.77. The molecule has 4 aromatic rings. The summed E-state index contributed by atoms with van der Waals surface area (Å²) in [7, 11) is 0. The molecule has 0 aliphatic heterocycles. The van der Waals surface area contributed by atoms with Gasteiger partial charge in [0.25, 0.3) is 0 Å². The van der Waals surface area contributed by atoms with E-state index in [1.54, 1.807) is 12.1 Å². The van der Waals surface area contributed by atoms with E-state index in [1.165, 1.54) is 0 Å². The van der Waals surface area contributed by atoms with Crippen LogP contribution in [0.15, 0.2) is 63.8 Å². The molecule has 161 valence electrons. The smallest absolute Gasteiger partial charge is 0.342 e. The summed E-state index contributed by atoms with van der Waals surface area (Å²) in [6, 6.07) is 19.9. The van der Waals surface area contributed by atoms with E-state index in [0.29, 0.717) is 27.7 Å². The van der Waals surface area contributed by atoms with Gasteiger partial charge in [-0.15, -0.1) is 5.56 Å². The van der Waals surface area contributed by atoms with Crippen molar-refractivity contribution >= 4 is 49.5 Å². The van der Waals surface area contributed by atoms with E-state index in [4.69, 9.17) is 9.15 Å². The van der Waals surface area contributed by atoms with Gasteiger partial charge in [-0.1, -0.05) is 35.0 Å². The van der Waals surface area contributed by atoms with E-state index in [9.17, 15) is 9.90 Å². The topological polar surface area (TPSA) is 59.7 Å². The first kappa shape index (κ1) is 25.4. The summed E-state index contributed by atoms with van der Waals surface area (Å²) in [5, 5.41) is 11.7. The molecule has 32 heavy (non-hydrogen) atoms. The first-order chi connectivity index (χ1) is 15.0. The second-order valence-corrected chi connectivity index (χ2v) is 8.99. The zero-order valence-corrected chi connectivity index (χ0v) is 23.9. The third kappa shape index (κ3) is 5.29. The fraction of sp³-hybridized carbons (Fsp3) is 0.160. The molecule has 7 heteroatoms. The fourth-order valence-corrected chi connectivity index (χ4v) is 4.34. The predicted octanol–water partition coefficient (Wildman–Crippen LogP) is 6.24. The summed E-state index contributed by atoms with van der Waals surface area (Å²) in [6.45, 7) is 2.55. The van der Waals surface area contributed by atoms with Crippen molar-refractivity contribution in [2.75, 3.05) is 11.9 Å². The Hall–Kier alpha value is -1.22. The predicted molar refractivity (Wildman–Crippen MR) is 134 cm³/mol. The summed E-state index contributed by atoms with van der Waals surface area (Å²) < 4.78 is 11.9. The number of phenols is 1. The second-order valence-electron chi connectivity index (χ2n) is 7.12. The van der Waals surface area contributed by atoms with Crippen LogP contribution in [0.2, 0.25) is 0 Å². The van der Waals surface area contributed by atoms with Crippen molar-refractivity contribution in [3.63, 3.8) is 0 Å². The van der Waals surface area contributed by atoms with Crippen molar-refractivity contribution in [2.24, 2.45) is 0 Å². The molecular formula is C25H19BrIO4Y-. The van der Waals surface area contributed by atoms with Crippen LogP contribution in [0.25, 0.3) is 22.1 Å². The summed E-state index contributed by atoms with van der Waals surface area (Å²) in [4.78, 5) is 13.1. The van der Waals surface area contributed by atoms with Gasteiger partial charge in [0, 0.05) is 49.0 Å². The maximum absolute atomic E-state index is 13.1. The molecule has 0 atom stereocenters. The summed E-state index contributed by atoms with van der Waals surface area (Å²) in [6.07, 6.45) is 0.537. The van der Waals surface area contributed by atoms with Crippen LogP contribution in [0.5, 0.6) is 11.5 Å². The van der Waals surface area contributed by atoms with Gasteiger partial charge < -0.3 is 14.3 Å². The van der Waals surface area contributed by atoms with E-state index >= 15 is 0 Å². The van der Waals surface area contributed by atoms with Gasteiger partial charge in [-0.25, -0.2) is 4.79 Å². The average molecular weight is 679 g/mol. The summed E-state index contributed by atoms with van der Waals surface area (Å²) in [5.41, 5.74) is 4.21. The minimum Gasteiger partial charge on any atom is -0.507 e. The van der Waals surface area contributed by atoms with E-state index in [0.717, 1.165) is 38.7 Å². The van der Waals surface area contributed by atoms with Crippen LogP contribution in [0, 0.1) is 16.6 Å². The van der Waals surface area contributed by atoms with E-state index in [1.807, 2.05) is 72.0 Å². The Labute approximate surface area is 233 Å². The first-order valence-corrected chi connectivity index (χ1v) is 11.9. The SMILES string of the molecule is Cc1c[c-]ccc1-c1c(Cc2ccc(OCCBr)cc2)c2ccc(O)c(I)c2oc1=O.[Y]. The van der Waals surface area contributed by atoms with Crippen molar-refractivity contribution < 1.29 is 47.0 Å². The molecule has 0 amide bonds. The maximum Gasteiger partial charge on any atom is 0.342 e. The number of hydrogen-bond acceptors (Lipinski definition) is 4. The third-order valence-corrected chi connectivity index (χ3v) is 6.46. The number of alkyl halides is 1. The molecule has 1 N–H and O–H groups in total. The van der Waals surface area contributed by atoms with Gasteiger partial charge in [-0.3, -0.25) is 0 Å². The molecule has 1 radical (unpaired) electrons. The Morgan fingerprint density at radius 1 is 1.16 bits per heavy atom. The van der Waals surface area contributed by atoms with Crippen molar-refractivity contribution in [1.29, 1.82) is 0 Å². The number of fused-ring (bicyclic) bond motifs is 1. The minimum absolute atomic E-state index is 0. The first-order valence-electron chi connectivity index (χ1n) is 9.71. The Balaban J connectivity index is 0.00000289. The van der Waals surface area contributed by atoms with Gasteiger partial charge in [0.15, 0.2) is 5.58 Å². The molecule has 1 aromatic heterocycles. The Morgan fingerprint density at radius 3 is 2.59 bits per heavy atom. The second kappa shape index (κ2) is 11.3. The monoisotopic (exact) mass is 678 g/mol. The molecule has 0 fully saturated rings. The van der Waals surface area contributed by atoms with Crippen LogP contribution >= 0.6 is 38.5 Å². The molecule has 0 aliphatic rings. The van der Waals surface area contributed by atoms with Gasteiger partial charge in [-0.2, -0.15) is 29.8 Å². The number of hydrogen-bond donors (Lipinski definition) is 1. The van der Waals surface area contributed by atoms with Crippen LogP contribution in [0.4, 0.5) is 0 Å². The molecule has 0 aliphatic carbocycles. The van der Waals surface area contributed by atoms with Crippen LogP contribution in [0.3, 0.4) is 0 Å². The van der Waals surface area contributed by atoms with Gasteiger partial charge in [-0.05, 0) is 64.4 Å². The van der Waals surface area contributed by atoms with Crippen LogP contribution < -0.4 is 10.4 Å². The number of rotatable bonds is 6. The van der Waals surface area contributed by atoms with Crippen molar-refractivity contribution in [1.82, 2.24) is 0 Å². The standard InChI is InChI=1S/C25H19BrIO4.Y/c1-15-4-2-3-5-18(15)22-20(14-16-6-8-17(9-7-16)30-13-12-26)19-10-11-21(28)23(27)24(19)31-25(22)29;/h3-11,28H,12-14H2,1H3;/q-1;. The maximum atomic E-state index is 13.1. The number of phenolic OH excluding ortho intramolecular Hbond substituents is 1. The molecular weight excluding hydrogens is 660 g/mol. The molecule has 0 saturated carbocycles. The molecule has 0 spiro atoms. The molecule has 1 heterocycles. The number of ether oxygens (including phenoxy) is 1. The van der Waals surface area contributed by atoms with Crippen LogP contribution in [0.1, 0.15) is 16.7 Å². The largest absolute Gasteiger partial charge is 0.507 e.